The highest BCUT2D eigenvalue weighted by molar-refractivity contribution is 6.31. The molecule has 1 fully saturated rings. The number of rotatable bonds is 2. The maximum Gasteiger partial charge on any atom is 0.129 e. The summed E-state index contributed by atoms with van der Waals surface area (Å²) in [7, 11) is 0. The van der Waals surface area contributed by atoms with Crippen molar-refractivity contribution in [1.29, 1.82) is 0 Å². The minimum absolute atomic E-state index is 0. The third-order valence-electron chi connectivity index (χ3n) is 2.99. The van der Waals surface area contributed by atoms with Crippen LogP contribution in [0.4, 0.5) is 4.39 Å². The Labute approximate surface area is 100 Å². The molecule has 1 atom stereocenters. The third-order valence-corrected chi connectivity index (χ3v) is 3.32. The van der Waals surface area contributed by atoms with Gasteiger partial charge in [0.1, 0.15) is 5.82 Å². The zero-order valence-corrected chi connectivity index (χ0v) is 9.82. The zero-order valence-electron chi connectivity index (χ0n) is 8.25. The molecule has 1 aromatic rings. The van der Waals surface area contributed by atoms with Crippen LogP contribution in [0.3, 0.4) is 0 Å². The van der Waals surface area contributed by atoms with E-state index in [2.05, 4.69) is 0 Å². The Balaban J connectivity index is 0.00000112. The molecule has 0 amide bonds. The van der Waals surface area contributed by atoms with Gasteiger partial charge in [0.15, 0.2) is 0 Å². The van der Waals surface area contributed by atoms with Crippen molar-refractivity contribution in [3.8, 4) is 0 Å². The minimum Gasteiger partial charge on any atom is -0.324 e. The summed E-state index contributed by atoms with van der Waals surface area (Å²) < 4.78 is 13.5. The maximum absolute atomic E-state index is 13.5. The van der Waals surface area contributed by atoms with Gasteiger partial charge in [0.2, 0.25) is 0 Å². The maximum atomic E-state index is 13.5. The topological polar surface area (TPSA) is 26.0 Å². The summed E-state index contributed by atoms with van der Waals surface area (Å²) >= 11 is 5.93. The number of benzene rings is 1. The second kappa shape index (κ2) is 5.15. The molecular weight excluding hydrogens is 236 g/mol. The van der Waals surface area contributed by atoms with Crippen molar-refractivity contribution in [1.82, 2.24) is 0 Å². The van der Waals surface area contributed by atoms with Crippen LogP contribution < -0.4 is 5.73 Å². The molecule has 1 saturated carbocycles. The van der Waals surface area contributed by atoms with Gasteiger partial charge in [0.05, 0.1) is 0 Å². The SMILES string of the molecule is Cl.N[C@@H](c1c(F)cccc1Cl)C1CCC1. The van der Waals surface area contributed by atoms with E-state index in [1.165, 1.54) is 12.5 Å². The molecule has 15 heavy (non-hydrogen) atoms. The molecule has 1 aliphatic rings. The summed E-state index contributed by atoms with van der Waals surface area (Å²) in [5.74, 6) is 0.126. The van der Waals surface area contributed by atoms with Crippen LogP contribution in [0.5, 0.6) is 0 Å². The fraction of sp³-hybridized carbons (Fsp3) is 0.455. The van der Waals surface area contributed by atoms with Crippen molar-refractivity contribution in [2.24, 2.45) is 11.7 Å². The Kier molecular flexibility index (Phi) is 4.38. The first-order valence-corrected chi connectivity index (χ1v) is 5.27. The predicted octanol–water partition coefficient (Wildman–Crippen LogP) is 3.70. The van der Waals surface area contributed by atoms with Crippen LogP contribution >= 0.6 is 24.0 Å². The molecule has 1 aromatic carbocycles. The van der Waals surface area contributed by atoms with Crippen molar-refractivity contribution in [2.45, 2.75) is 25.3 Å². The summed E-state index contributed by atoms with van der Waals surface area (Å²) in [5.41, 5.74) is 6.46. The monoisotopic (exact) mass is 249 g/mol. The molecule has 0 radical (unpaired) electrons. The highest BCUT2D eigenvalue weighted by Gasteiger charge is 2.28. The van der Waals surface area contributed by atoms with E-state index in [1.54, 1.807) is 12.1 Å². The first kappa shape index (κ1) is 12.8. The molecular formula is C11H14Cl2FN. The van der Waals surface area contributed by atoms with E-state index in [1.807, 2.05) is 0 Å². The third kappa shape index (κ3) is 2.44. The van der Waals surface area contributed by atoms with Gasteiger partial charge in [-0.15, -0.1) is 12.4 Å². The smallest absolute Gasteiger partial charge is 0.129 e. The molecule has 0 aliphatic heterocycles. The summed E-state index contributed by atoms with van der Waals surface area (Å²) in [4.78, 5) is 0. The van der Waals surface area contributed by atoms with E-state index in [9.17, 15) is 4.39 Å². The quantitative estimate of drug-likeness (QED) is 0.850. The van der Waals surface area contributed by atoms with Crippen LogP contribution in [-0.4, -0.2) is 0 Å². The Morgan fingerprint density at radius 2 is 2.07 bits per heavy atom. The van der Waals surface area contributed by atoms with E-state index in [-0.39, 0.29) is 24.3 Å². The van der Waals surface area contributed by atoms with Crippen LogP contribution in [0, 0.1) is 11.7 Å². The minimum atomic E-state index is -0.281. The van der Waals surface area contributed by atoms with Crippen molar-refractivity contribution < 1.29 is 4.39 Å². The standard InChI is InChI=1S/C11H13ClFN.ClH/c12-8-5-2-6-9(13)10(8)11(14)7-3-1-4-7;/h2,5-7,11H,1,3-4,14H2;1H/t11-;/m1./s1. The average Bonchev–Trinajstić information content (AvgIpc) is 2.00. The molecule has 1 aliphatic carbocycles. The first-order valence-electron chi connectivity index (χ1n) is 4.89. The number of hydrogen-bond acceptors (Lipinski definition) is 1. The molecule has 0 spiro atoms. The normalized spacial score (nSPS) is 17.8. The predicted molar refractivity (Wildman–Crippen MR) is 62.9 cm³/mol. The fourth-order valence-electron chi connectivity index (χ4n) is 1.86. The lowest BCUT2D eigenvalue weighted by Crippen LogP contribution is -2.27. The van der Waals surface area contributed by atoms with Gasteiger partial charge in [-0.25, -0.2) is 4.39 Å². The van der Waals surface area contributed by atoms with Crippen LogP contribution in [0.1, 0.15) is 30.9 Å². The Morgan fingerprint density at radius 3 is 2.53 bits per heavy atom. The second-order valence-electron chi connectivity index (χ2n) is 3.85. The van der Waals surface area contributed by atoms with Crippen LogP contribution in [0.25, 0.3) is 0 Å². The molecule has 0 aromatic heterocycles. The summed E-state index contributed by atoms with van der Waals surface area (Å²) in [6, 6.07) is 4.48. The number of hydrogen-bond donors (Lipinski definition) is 1. The van der Waals surface area contributed by atoms with Crippen molar-refractivity contribution in [3.63, 3.8) is 0 Å². The number of nitrogens with two attached hydrogens (primary N) is 1. The van der Waals surface area contributed by atoms with Crippen LogP contribution in [0.2, 0.25) is 5.02 Å². The molecule has 0 bridgehead atoms. The lowest BCUT2D eigenvalue weighted by atomic mass is 9.77. The van der Waals surface area contributed by atoms with Crippen LogP contribution in [0.15, 0.2) is 18.2 Å². The highest BCUT2D eigenvalue weighted by atomic mass is 35.5. The summed E-state index contributed by atoms with van der Waals surface area (Å²) in [6.07, 6.45) is 3.38. The van der Waals surface area contributed by atoms with Crippen molar-refractivity contribution in [3.05, 3.63) is 34.6 Å². The summed E-state index contributed by atoms with van der Waals surface area (Å²) in [5, 5.41) is 0.449. The highest BCUT2D eigenvalue weighted by Crippen LogP contribution is 2.39. The molecule has 0 saturated heterocycles. The lowest BCUT2D eigenvalue weighted by Gasteiger charge is -2.32. The average molecular weight is 250 g/mol. The van der Waals surface area contributed by atoms with E-state index in [0.29, 0.717) is 16.5 Å². The Morgan fingerprint density at radius 1 is 1.40 bits per heavy atom. The Bertz CT molecular complexity index is 319. The van der Waals surface area contributed by atoms with Gasteiger partial charge in [-0.05, 0) is 30.9 Å². The molecule has 0 heterocycles. The second-order valence-corrected chi connectivity index (χ2v) is 4.26. The zero-order chi connectivity index (χ0) is 10.1. The Hall–Kier alpha value is -0.310. The van der Waals surface area contributed by atoms with Gasteiger partial charge in [-0.3, -0.25) is 0 Å². The number of halogens is 3. The molecule has 0 unspecified atom stereocenters. The van der Waals surface area contributed by atoms with E-state index >= 15 is 0 Å². The lowest BCUT2D eigenvalue weighted by molar-refractivity contribution is 0.260. The molecule has 2 rings (SSSR count). The van der Waals surface area contributed by atoms with Crippen molar-refractivity contribution >= 4 is 24.0 Å². The fourth-order valence-corrected chi connectivity index (χ4v) is 2.15. The molecule has 84 valence electrons. The molecule has 4 heteroatoms. The van der Waals surface area contributed by atoms with Gasteiger partial charge >= 0.3 is 0 Å². The van der Waals surface area contributed by atoms with Gasteiger partial charge < -0.3 is 5.73 Å². The van der Waals surface area contributed by atoms with Crippen LogP contribution in [-0.2, 0) is 0 Å². The van der Waals surface area contributed by atoms with Crippen molar-refractivity contribution in [2.75, 3.05) is 0 Å². The van der Waals surface area contributed by atoms with E-state index < -0.39 is 0 Å². The molecule has 2 N–H and O–H groups in total. The van der Waals surface area contributed by atoms with E-state index in [4.69, 9.17) is 17.3 Å². The summed E-state index contributed by atoms with van der Waals surface area (Å²) in [6.45, 7) is 0. The van der Waals surface area contributed by atoms with Gasteiger partial charge in [-0.1, -0.05) is 24.1 Å². The van der Waals surface area contributed by atoms with Gasteiger partial charge in [0, 0.05) is 16.6 Å². The van der Waals surface area contributed by atoms with E-state index in [0.717, 1.165) is 12.8 Å². The van der Waals surface area contributed by atoms with Gasteiger partial charge in [-0.2, -0.15) is 0 Å². The largest absolute Gasteiger partial charge is 0.324 e. The molecule has 1 nitrogen and oxygen atoms in total. The van der Waals surface area contributed by atoms with Gasteiger partial charge in [0.25, 0.3) is 0 Å². The first-order chi connectivity index (χ1) is 6.70.